The summed E-state index contributed by atoms with van der Waals surface area (Å²) >= 11 is 5.76. The molecule has 2 rings (SSSR count). The van der Waals surface area contributed by atoms with Crippen LogP contribution in [0.5, 0.6) is 0 Å². The van der Waals surface area contributed by atoms with Crippen LogP contribution >= 0.6 is 11.6 Å². The molecule has 0 saturated heterocycles. The van der Waals surface area contributed by atoms with Crippen molar-refractivity contribution in [2.75, 3.05) is 0 Å². The maximum Gasteiger partial charge on any atom is 0.254 e. The van der Waals surface area contributed by atoms with Gasteiger partial charge < -0.3 is 9.73 Å². The lowest BCUT2D eigenvalue weighted by molar-refractivity contribution is 0.0950. The average molecular weight is 264 g/mol. The smallest absolute Gasteiger partial charge is 0.254 e. The monoisotopic (exact) mass is 263 g/mol. The first-order valence-corrected chi connectivity index (χ1v) is 6.19. The summed E-state index contributed by atoms with van der Waals surface area (Å²) in [6.07, 6.45) is 1.46. The number of aryl methyl sites for hydroxylation is 1. The molecule has 18 heavy (non-hydrogen) atoms. The van der Waals surface area contributed by atoms with E-state index in [-0.39, 0.29) is 5.91 Å². The minimum Gasteiger partial charge on any atom is -0.469 e. The van der Waals surface area contributed by atoms with Crippen molar-refractivity contribution < 1.29 is 9.21 Å². The van der Waals surface area contributed by atoms with Crippen LogP contribution < -0.4 is 5.32 Å². The zero-order valence-electron chi connectivity index (χ0n) is 10.1. The third kappa shape index (κ3) is 3.14. The van der Waals surface area contributed by atoms with Crippen LogP contribution in [0.25, 0.3) is 0 Å². The standard InChI is InChI=1S/C14H14ClNO2/c1-10-5-13(9-18-10)14(17)16-8-12-4-2-3-11(6-12)7-15/h2-6,9H,7-8H2,1H3,(H,16,17). The van der Waals surface area contributed by atoms with Crippen molar-refractivity contribution in [2.24, 2.45) is 0 Å². The van der Waals surface area contributed by atoms with Gasteiger partial charge in [-0.15, -0.1) is 11.6 Å². The Kier molecular flexibility index (Phi) is 4.05. The first-order valence-electron chi connectivity index (χ1n) is 5.66. The molecule has 0 unspecified atom stereocenters. The van der Waals surface area contributed by atoms with E-state index in [1.165, 1.54) is 6.26 Å². The summed E-state index contributed by atoms with van der Waals surface area (Å²) in [6.45, 7) is 2.29. The maximum atomic E-state index is 11.8. The zero-order chi connectivity index (χ0) is 13.0. The first-order chi connectivity index (χ1) is 8.69. The highest BCUT2D eigenvalue weighted by Crippen LogP contribution is 2.09. The van der Waals surface area contributed by atoms with Gasteiger partial charge in [0.05, 0.1) is 5.56 Å². The molecule has 0 saturated carbocycles. The fourth-order valence-corrected chi connectivity index (χ4v) is 1.84. The lowest BCUT2D eigenvalue weighted by Crippen LogP contribution is -2.22. The summed E-state index contributed by atoms with van der Waals surface area (Å²) < 4.78 is 5.10. The van der Waals surface area contributed by atoms with Crippen LogP contribution in [0, 0.1) is 6.92 Å². The lowest BCUT2D eigenvalue weighted by Gasteiger charge is -2.05. The van der Waals surface area contributed by atoms with Crippen LogP contribution in [0.1, 0.15) is 27.2 Å². The van der Waals surface area contributed by atoms with Crippen molar-refractivity contribution in [3.8, 4) is 0 Å². The van der Waals surface area contributed by atoms with Crippen molar-refractivity contribution >= 4 is 17.5 Å². The van der Waals surface area contributed by atoms with Gasteiger partial charge in [-0.25, -0.2) is 0 Å². The van der Waals surface area contributed by atoms with Gasteiger partial charge in [-0.3, -0.25) is 4.79 Å². The van der Waals surface area contributed by atoms with E-state index in [2.05, 4.69) is 5.32 Å². The Labute approximate surface area is 111 Å². The average Bonchev–Trinajstić information content (AvgIpc) is 2.83. The third-order valence-corrected chi connectivity index (χ3v) is 2.90. The molecule has 0 spiro atoms. The summed E-state index contributed by atoms with van der Waals surface area (Å²) in [6, 6.07) is 9.54. The Bertz CT molecular complexity index is 548. The summed E-state index contributed by atoms with van der Waals surface area (Å²) in [4.78, 5) is 11.8. The number of alkyl halides is 1. The molecule has 0 radical (unpaired) electrons. The summed E-state index contributed by atoms with van der Waals surface area (Å²) in [7, 11) is 0. The molecule has 3 nitrogen and oxygen atoms in total. The van der Waals surface area contributed by atoms with Gasteiger partial charge in [0.2, 0.25) is 0 Å². The molecule has 94 valence electrons. The molecular formula is C14H14ClNO2. The fourth-order valence-electron chi connectivity index (χ4n) is 1.67. The number of amides is 1. The number of furan rings is 1. The summed E-state index contributed by atoms with van der Waals surface area (Å²) in [5, 5.41) is 2.84. The Morgan fingerprint density at radius 1 is 1.33 bits per heavy atom. The van der Waals surface area contributed by atoms with E-state index in [0.29, 0.717) is 18.0 Å². The van der Waals surface area contributed by atoms with E-state index in [1.807, 2.05) is 24.3 Å². The molecule has 1 N–H and O–H groups in total. The second kappa shape index (κ2) is 5.74. The normalized spacial score (nSPS) is 10.3. The van der Waals surface area contributed by atoms with Crippen molar-refractivity contribution in [1.29, 1.82) is 0 Å². The third-order valence-electron chi connectivity index (χ3n) is 2.59. The predicted octanol–water partition coefficient (Wildman–Crippen LogP) is 3.26. The van der Waals surface area contributed by atoms with Gasteiger partial charge in [-0.1, -0.05) is 24.3 Å². The van der Waals surface area contributed by atoms with E-state index < -0.39 is 0 Å². The van der Waals surface area contributed by atoms with E-state index in [0.717, 1.165) is 16.9 Å². The quantitative estimate of drug-likeness (QED) is 0.861. The zero-order valence-corrected chi connectivity index (χ0v) is 10.8. The van der Waals surface area contributed by atoms with Gasteiger partial charge >= 0.3 is 0 Å². The van der Waals surface area contributed by atoms with Crippen LogP contribution in [0.3, 0.4) is 0 Å². The molecule has 1 aromatic heterocycles. The molecule has 0 aliphatic rings. The number of rotatable bonds is 4. The molecule has 0 fully saturated rings. The van der Waals surface area contributed by atoms with Gasteiger partial charge in [-0.05, 0) is 24.1 Å². The number of nitrogens with one attached hydrogen (secondary N) is 1. The van der Waals surface area contributed by atoms with E-state index in [4.69, 9.17) is 16.0 Å². The van der Waals surface area contributed by atoms with Crippen LogP contribution in [0.4, 0.5) is 0 Å². The highest BCUT2D eigenvalue weighted by molar-refractivity contribution is 6.17. The molecule has 1 aromatic carbocycles. The Hall–Kier alpha value is -1.74. The second-order valence-corrected chi connectivity index (χ2v) is 4.35. The van der Waals surface area contributed by atoms with Crippen molar-refractivity contribution in [2.45, 2.75) is 19.3 Å². The second-order valence-electron chi connectivity index (χ2n) is 4.08. The van der Waals surface area contributed by atoms with E-state index >= 15 is 0 Å². The summed E-state index contributed by atoms with van der Waals surface area (Å²) in [5.41, 5.74) is 2.62. The van der Waals surface area contributed by atoms with Gasteiger partial charge in [0, 0.05) is 12.4 Å². The van der Waals surface area contributed by atoms with E-state index in [9.17, 15) is 4.79 Å². The molecule has 0 aliphatic heterocycles. The summed E-state index contributed by atoms with van der Waals surface area (Å²) in [5.74, 6) is 1.07. The Morgan fingerprint density at radius 3 is 2.78 bits per heavy atom. The van der Waals surface area contributed by atoms with Gasteiger partial charge in [0.1, 0.15) is 12.0 Å². The predicted molar refractivity (Wildman–Crippen MR) is 70.6 cm³/mol. The molecular weight excluding hydrogens is 250 g/mol. The highest BCUT2D eigenvalue weighted by Gasteiger charge is 2.07. The molecule has 0 bridgehead atoms. The van der Waals surface area contributed by atoms with Crippen molar-refractivity contribution in [1.82, 2.24) is 5.32 Å². The van der Waals surface area contributed by atoms with Crippen molar-refractivity contribution in [3.63, 3.8) is 0 Å². The number of hydrogen-bond acceptors (Lipinski definition) is 2. The molecule has 0 atom stereocenters. The maximum absolute atomic E-state index is 11.8. The number of benzene rings is 1. The first kappa shape index (κ1) is 12.7. The number of halogens is 1. The topological polar surface area (TPSA) is 42.2 Å². The van der Waals surface area contributed by atoms with Gasteiger partial charge in [-0.2, -0.15) is 0 Å². The van der Waals surface area contributed by atoms with Crippen LogP contribution in [-0.2, 0) is 12.4 Å². The Balaban J connectivity index is 1.97. The van der Waals surface area contributed by atoms with Crippen LogP contribution in [-0.4, -0.2) is 5.91 Å². The van der Waals surface area contributed by atoms with Gasteiger partial charge in [0.15, 0.2) is 0 Å². The molecule has 2 aromatic rings. The number of carbonyl (C=O) groups excluding carboxylic acids is 1. The fraction of sp³-hybridized carbons (Fsp3) is 0.214. The molecule has 1 heterocycles. The van der Waals surface area contributed by atoms with Crippen LogP contribution in [0.15, 0.2) is 41.0 Å². The van der Waals surface area contributed by atoms with Crippen molar-refractivity contribution in [3.05, 3.63) is 59.0 Å². The molecule has 0 aliphatic carbocycles. The number of hydrogen-bond donors (Lipinski definition) is 1. The minimum atomic E-state index is -0.136. The molecule has 1 amide bonds. The van der Waals surface area contributed by atoms with Crippen LogP contribution in [0.2, 0.25) is 0 Å². The van der Waals surface area contributed by atoms with Gasteiger partial charge in [0.25, 0.3) is 5.91 Å². The minimum absolute atomic E-state index is 0.136. The van der Waals surface area contributed by atoms with E-state index in [1.54, 1.807) is 13.0 Å². The number of carbonyl (C=O) groups is 1. The molecule has 4 heteroatoms. The Morgan fingerprint density at radius 2 is 2.11 bits per heavy atom. The lowest BCUT2D eigenvalue weighted by atomic mass is 10.1. The largest absolute Gasteiger partial charge is 0.469 e. The SMILES string of the molecule is Cc1cc(C(=O)NCc2cccc(CCl)c2)co1. The highest BCUT2D eigenvalue weighted by atomic mass is 35.5.